The number of hydrogen-bond acceptors (Lipinski definition) is 1. The summed E-state index contributed by atoms with van der Waals surface area (Å²) in [5, 5.41) is 0. The molecule has 0 spiro atoms. The van der Waals surface area contributed by atoms with E-state index in [1.54, 1.807) is 4.98 Å². The fraction of sp³-hybridized carbons (Fsp3) is 1.00. The van der Waals surface area contributed by atoms with Gasteiger partial charge in [-0.15, -0.1) is 0 Å². The van der Waals surface area contributed by atoms with Crippen molar-refractivity contribution in [3.63, 3.8) is 0 Å². The molecule has 0 aromatic carbocycles. The third kappa shape index (κ3) is 5.81. The maximum absolute atomic E-state index is 2.62. The van der Waals surface area contributed by atoms with Crippen LogP contribution in [0.4, 0.5) is 0 Å². The van der Waals surface area contributed by atoms with E-state index in [-0.39, 0.29) is 0 Å². The molecule has 0 amide bonds. The third-order valence-electron chi connectivity index (χ3n) is 2.88. The first-order valence-corrected chi connectivity index (χ1v) is 12.4. The second kappa shape index (κ2) is 7.95. The zero-order valence-electron chi connectivity index (χ0n) is 10.1. The minimum atomic E-state index is -0.744. The quantitative estimate of drug-likeness (QED) is 0.619. The van der Waals surface area contributed by atoms with Crippen LogP contribution in [0.3, 0.4) is 0 Å². The summed E-state index contributed by atoms with van der Waals surface area (Å²) in [5.74, 6) is 0. The van der Waals surface area contributed by atoms with Crippen molar-refractivity contribution in [1.82, 2.24) is 4.90 Å². The first-order chi connectivity index (χ1) is 6.15. The van der Waals surface area contributed by atoms with Crippen LogP contribution in [-0.4, -0.2) is 40.2 Å². The van der Waals surface area contributed by atoms with Crippen LogP contribution in [-0.2, 0) is 0 Å². The van der Waals surface area contributed by atoms with Gasteiger partial charge in [0.15, 0.2) is 0 Å². The van der Waals surface area contributed by atoms with Gasteiger partial charge in [0.1, 0.15) is 0 Å². The molecular weight excluding hydrogens is 216 g/mol. The molecule has 2 heteroatoms. The van der Waals surface area contributed by atoms with Crippen LogP contribution in [0.15, 0.2) is 0 Å². The molecule has 1 unspecified atom stereocenters. The fourth-order valence-electron chi connectivity index (χ4n) is 1.91. The second-order valence-electron chi connectivity index (χ2n) is 4.25. The van der Waals surface area contributed by atoms with Crippen molar-refractivity contribution in [2.75, 3.05) is 13.1 Å². The Morgan fingerprint density at radius 1 is 1.08 bits per heavy atom. The summed E-state index contributed by atoms with van der Waals surface area (Å²) in [6.07, 6.45) is 2.78. The first-order valence-electron chi connectivity index (χ1n) is 5.89. The van der Waals surface area contributed by atoms with Gasteiger partial charge < -0.3 is 0 Å². The summed E-state index contributed by atoms with van der Waals surface area (Å²) < 4.78 is 0. The molecule has 0 aliphatic rings. The van der Waals surface area contributed by atoms with Gasteiger partial charge in [0.2, 0.25) is 0 Å². The van der Waals surface area contributed by atoms with Gasteiger partial charge >= 0.3 is 89.8 Å². The normalized spacial score (nSPS) is 13.4. The van der Waals surface area contributed by atoms with E-state index in [0.29, 0.717) is 0 Å². The summed E-state index contributed by atoms with van der Waals surface area (Å²) in [5.41, 5.74) is 5.00. The summed E-state index contributed by atoms with van der Waals surface area (Å²) in [6, 6.07) is 0.864. The molecular formula is C11H26GaN. The van der Waals surface area contributed by atoms with Crippen molar-refractivity contribution < 1.29 is 0 Å². The van der Waals surface area contributed by atoms with E-state index in [0.717, 1.165) is 6.04 Å². The van der Waals surface area contributed by atoms with Crippen molar-refractivity contribution in [3.8, 4) is 0 Å². The predicted octanol–water partition coefficient (Wildman–Crippen LogP) is 3.25. The molecule has 0 rings (SSSR count). The van der Waals surface area contributed by atoms with Crippen LogP contribution < -0.4 is 0 Å². The molecule has 0 aliphatic carbocycles. The van der Waals surface area contributed by atoms with E-state index in [9.17, 15) is 0 Å². The van der Waals surface area contributed by atoms with Crippen LogP contribution in [0, 0.1) is 0 Å². The molecule has 78 valence electrons. The zero-order chi connectivity index (χ0) is 10.3. The van der Waals surface area contributed by atoms with Crippen LogP contribution in [0.5, 0.6) is 0 Å². The summed E-state index contributed by atoms with van der Waals surface area (Å²) in [7, 11) is 0. The molecule has 0 fully saturated rings. The van der Waals surface area contributed by atoms with Gasteiger partial charge in [0.05, 0.1) is 0 Å². The van der Waals surface area contributed by atoms with Gasteiger partial charge in [0.25, 0.3) is 0 Å². The average Bonchev–Trinajstić information content (AvgIpc) is 2.11. The molecule has 0 bridgehead atoms. The van der Waals surface area contributed by atoms with Crippen molar-refractivity contribution in [3.05, 3.63) is 0 Å². The van der Waals surface area contributed by atoms with Crippen LogP contribution >= 0.6 is 0 Å². The molecule has 1 atom stereocenters. The van der Waals surface area contributed by atoms with Gasteiger partial charge in [0, 0.05) is 0 Å². The van der Waals surface area contributed by atoms with Gasteiger partial charge in [-0.2, -0.15) is 0 Å². The van der Waals surface area contributed by atoms with E-state index in [1.807, 2.05) is 0 Å². The number of hydrogen-bond donors (Lipinski definition) is 0. The van der Waals surface area contributed by atoms with Crippen molar-refractivity contribution >= 4 is 16.2 Å². The molecule has 0 aromatic rings. The molecule has 13 heavy (non-hydrogen) atoms. The Morgan fingerprint density at radius 2 is 1.62 bits per heavy atom. The molecule has 0 saturated carbocycles. The Hall–Kier alpha value is 0.596. The number of nitrogens with zero attached hydrogens (tertiary/aromatic N) is 1. The van der Waals surface area contributed by atoms with Crippen molar-refractivity contribution in [1.29, 1.82) is 0 Å². The van der Waals surface area contributed by atoms with E-state index in [4.69, 9.17) is 0 Å². The molecule has 0 aromatic heterocycles. The fourth-order valence-corrected chi connectivity index (χ4v) is 4.12. The molecule has 0 N–H and O–H groups in total. The molecule has 0 radical (unpaired) electrons. The second-order valence-corrected chi connectivity index (χ2v) is 11.3. The Kier molecular flexibility index (Phi) is 8.32. The topological polar surface area (TPSA) is 3.24 Å². The Balaban J connectivity index is 3.85. The van der Waals surface area contributed by atoms with Gasteiger partial charge in [-0.25, -0.2) is 0 Å². The molecule has 0 saturated heterocycles. The SMILES string of the molecule is CCC(C[CH2][Ga]([CH3])[CH3])N(CC)CC. The van der Waals surface area contributed by atoms with E-state index < -0.39 is 16.2 Å². The maximum atomic E-state index is 2.62. The zero-order valence-corrected chi connectivity index (χ0v) is 12.6. The monoisotopic (exact) mass is 241 g/mol. The van der Waals surface area contributed by atoms with Crippen LogP contribution in [0.25, 0.3) is 0 Å². The van der Waals surface area contributed by atoms with E-state index >= 15 is 0 Å². The number of rotatable bonds is 7. The molecule has 1 nitrogen and oxygen atoms in total. The van der Waals surface area contributed by atoms with Gasteiger partial charge in [-0.05, 0) is 0 Å². The predicted molar refractivity (Wildman–Crippen MR) is 63.9 cm³/mol. The summed E-state index contributed by atoms with van der Waals surface area (Å²) >= 11 is -0.744. The first kappa shape index (κ1) is 13.6. The standard InChI is InChI=1S/C9H20N.2CH3.Ga/c1-5-9(6-2)10(7-3)8-4;;;/h9H,1,5-8H2,2-4H3;2*1H3;. The Labute approximate surface area is 89.9 Å². The molecule has 0 aliphatic heterocycles. The van der Waals surface area contributed by atoms with Gasteiger partial charge in [-0.3, -0.25) is 0 Å². The van der Waals surface area contributed by atoms with Crippen LogP contribution in [0.1, 0.15) is 33.6 Å². The summed E-state index contributed by atoms with van der Waals surface area (Å²) in [4.78, 5) is 4.17. The Morgan fingerprint density at radius 3 is 1.92 bits per heavy atom. The van der Waals surface area contributed by atoms with E-state index in [2.05, 4.69) is 36.6 Å². The summed E-state index contributed by atoms with van der Waals surface area (Å²) in [6.45, 7) is 9.34. The Bertz CT molecular complexity index is 111. The van der Waals surface area contributed by atoms with Crippen LogP contribution in [0.2, 0.25) is 15.9 Å². The van der Waals surface area contributed by atoms with Crippen molar-refractivity contribution in [2.24, 2.45) is 0 Å². The average molecular weight is 242 g/mol. The van der Waals surface area contributed by atoms with Gasteiger partial charge in [-0.1, -0.05) is 0 Å². The minimum absolute atomic E-state index is 0.744. The van der Waals surface area contributed by atoms with E-state index in [1.165, 1.54) is 25.9 Å². The molecule has 0 heterocycles. The van der Waals surface area contributed by atoms with Crippen molar-refractivity contribution in [2.45, 2.75) is 55.6 Å². The third-order valence-corrected chi connectivity index (χ3v) is 6.00.